The molecule has 0 radical (unpaired) electrons. The average molecular weight is 277 g/mol. The third-order valence-electron chi connectivity index (χ3n) is 2.23. The van der Waals surface area contributed by atoms with Gasteiger partial charge in [-0.1, -0.05) is 0 Å². The number of benzene rings is 1. The zero-order valence-electron chi connectivity index (χ0n) is 9.95. The normalized spacial score (nSPS) is 9.85. The number of carbonyl (C=O) groups excluding carboxylic acids is 1. The van der Waals surface area contributed by atoms with Crippen molar-refractivity contribution in [2.45, 2.75) is 0 Å². The van der Waals surface area contributed by atoms with Crippen molar-refractivity contribution in [1.82, 2.24) is 4.98 Å². The van der Waals surface area contributed by atoms with Crippen LogP contribution in [0.2, 0.25) is 0 Å². The van der Waals surface area contributed by atoms with E-state index in [1.54, 1.807) is 0 Å². The van der Waals surface area contributed by atoms with Gasteiger partial charge in [0.05, 0.1) is 16.8 Å². The van der Waals surface area contributed by atoms with E-state index in [0.717, 1.165) is 12.3 Å². The number of carbonyl (C=O) groups is 1. The number of nitrogens with zero attached hydrogens (tertiary/aromatic N) is 2. The highest BCUT2D eigenvalue weighted by Crippen LogP contribution is 2.17. The molecule has 102 valence electrons. The maximum Gasteiger partial charge on any atom is 0.417 e. The number of anilines is 1. The molecule has 0 spiro atoms. The number of ether oxygens (including phenoxy) is 1. The molecule has 1 heterocycles. The molecule has 0 bridgehead atoms. The summed E-state index contributed by atoms with van der Waals surface area (Å²) in [6.45, 7) is 0. The molecule has 1 amide bonds. The van der Waals surface area contributed by atoms with Crippen molar-refractivity contribution in [1.29, 1.82) is 0 Å². The Morgan fingerprint density at radius 2 is 1.95 bits per heavy atom. The van der Waals surface area contributed by atoms with Crippen LogP contribution in [0.3, 0.4) is 0 Å². The van der Waals surface area contributed by atoms with E-state index in [0.29, 0.717) is 0 Å². The lowest BCUT2D eigenvalue weighted by atomic mass is 10.3. The number of aromatic nitrogens is 1. The minimum Gasteiger partial charge on any atom is -0.410 e. The first-order valence-corrected chi connectivity index (χ1v) is 5.39. The molecule has 1 aromatic carbocycles. The molecule has 0 unspecified atom stereocenters. The van der Waals surface area contributed by atoms with E-state index in [-0.39, 0.29) is 17.1 Å². The van der Waals surface area contributed by atoms with Gasteiger partial charge in [-0.2, -0.15) is 4.39 Å². The molecule has 0 saturated heterocycles. The van der Waals surface area contributed by atoms with Gasteiger partial charge in [-0.15, -0.1) is 0 Å². The molecule has 0 aliphatic carbocycles. The van der Waals surface area contributed by atoms with Gasteiger partial charge in [0.15, 0.2) is 0 Å². The van der Waals surface area contributed by atoms with Gasteiger partial charge < -0.3 is 4.74 Å². The lowest BCUT2D eigenvalue weighted by Gasteiger charge is -2.05. The first kappa shape index (κ1) is 13.4. The number of pyridine rings is 1. The number of hydrogen-bond donors (Lipinski definition) is 1. The first-order valence-electron chi connectivity index (χ1n) is 5.39. The largest absolute Gasteiger partial charge is 0.417 e. The van der Waals surface area contributed by atoms with Crippen LogP contribution in [0.1, 0.15) is 0 Å². The Morgan fingerprint density at radius 1 is 1.25 bits per heavy atom. The topological polar surface area (TPSA) is 94.4 Å². The number of nitro benzene ring substituents is 1. The van der Waals surface area contributed by atoms with E-state index < -0.39 is 17.0 Å². The van der Waals surface area contributed by atoms with Crippen molar-refractivity contribution in [2.24, 2.45) is 0 Å². The van der Waals surface area contributed by atoms with Crippen LogP contribution in [0.25, 0.3) is 0 Å². The first-order chi connectivity index (χ1) is 9.54. The van der Waals surface area contributed by atoms with Gasteiger partial charge in [0.2, 0.25) is 5.95 Å². The van der Waals surface area contributed by atoms with Gasteiger partial charge in [0.25, 0.3) is 5.69 Å². The van der Waals surface area contributed by atoms with Crippen molar-refractivity contribution in [3.8, 4) is 5.75 Å². The van der Waals surface area contributed by atoms with Crippen LogP contribution in [0.4, 0.5) is 20.6 Å². The second-order valence-electron chi connectivity index (χ2n) is 3.64. The Labute approximate surface area is 112 Å². The molecule has 2 aromatic rings. The molecule has 0 fully saturated rings. The zero-order valence-corrected chi connectivity index (χ0v) is 9.95. The van der Waals surface area contributed by atoms with Crippen LogP contribution in [0.5, 0.6) is 5.75 Å². The quantitative estimate of drug-likeness (QED) is 0.528. The lowest BCUT2D eigenvalue weighted by molar-refractivity contribution is -0.384. The molecular formula is C12H8FN3O4. The highest BCUT2D eigenvalue weighted by molar-refractivity contribution is 5.85. The fraction of sp³-hybridized carbons (Fsp3) is 0. The van der Waals surface area contributed by atoms with Crippen molar-refractivity contribution in [2.75, 3.05) is 5.32 Å². The Hall–Kier alpha value is -3.03. The second kappa shape index (κ2) is 5.74. The van der Waals surface area contributed by atoms with E-state index in [4.69, 9.17) is 4.74 Å². The molecule has 8 heteroatoms. The molecule has 7 nitrogen and oxygen atoms in total. The molecule has 1 aromatic heterocycles. The maximum absolute atomic E-state index is 12.6. The number of halogens is 1. The molecular weight excluding hydrogens is 269 g/mol. The third-order valence-corrected chi connectivity index (χ3v) is 2.23. The number of amides is 1. The van der Waals surface area contributed by atoms with E-state index >= 15 is 0 Å². The Balaban J connectivity index is 1.97. The van der Waals surface area contributed by atoms with Gasteiger partial charge in [-0.25, -0.2) is 9.78 Å². The van der Waals surface area contributed by atoms with Crippen molar-refractivity contribution in [3.05, 3.63) is 58.7 Å². The van der Waals surface area contributed by atoms with Gasteiger partial charge in [-0.05, 0) is 24.3 Å². The van der Waals surface area contributed by atoms with Crippen molar-refractivity contribution in [3.63, 3.8) is 0 Å². The van der Waals surface area contributed by atoms with Gasteiger partial charge in [0.1, 0.15) is 5.75 Å². The second-order valence-corrected chi connectivity index (χ2v) is 3.64. The number of rotatable bonds is 3. The van der Waals surface area contributed by atoms with Gasteiger partial charge >= 0.3 is 6.09 Å². The van der Waals surface area contributed by atoms with E-state index in [1.807, 2.05) is 0 Å². The maximum atomic E-state index is 12.6. The Bertz CT molecular complexity index is 628. The predicted octanol–water partition coefficient (Wildman–Crippen LogP) is 2.74. The van der Waals surface area contributed by atoms with Crippen LogP contribution in [-0.2, 0) is 0 Å². The summed E-state index contributed by atoms with van der Waals surface area (Å²) in [6.07, 6.45) is 0.319. The number of nitrogens with one attached hydrogen (secondary N) is 1. The zero-order chi connectivity index (χ0) is 14.5. The van der Waals surface area contributed by atoms with Crippen LogP contribution in [-0.4, -0.2) is 16.0 Å². The summed E-state index contributed by atoms with van der Waals surface area (Å²) < 4.78 is 17.5. The Kier molecular flexibility index (Phi) is 3.85. The fourth-order valence-electron chi connectivity index (χ4n) is 1.34. The summed E-state index contributed by atoms with van der Waals surface area (Å²) in [5.74, 6) is -0.526. The van der Waals surface area contributed by atoms with Gasteiger partial charge in [0, 0.05) is 12.1 Å². The van der Waals surface area contributed by atoms with Crippen LogP contribution < -0.4 is 10.1 Å². The molecule has 20 heavy (non-hydrogen) atoms. The SMILES string of the molecule is O=C(Nc1ccc(F)nc1)Oc1ccc([N+](=O)[O-])cc1. The van der Waals surface area contributed by atoms with Gasteiger partial charge in [-0.3, -0.25) is 15.4 Å². The van der Waals surface area contributed by atoms with E-state index in [1.165, 1.54) is 30.3 Å². The average Bonchev–Trinajstić information content (AvgIpc) is 2.42. The van der Waals surface area contributed by atoms with Crippen LogP contribution >= 0.6 is 0 Å². The number of non-ortho nitro benzene ring substituents is 1. The smallest absolute Gasteiger partial charge is 0.410 e. The summed E-state index contributed by atoms with van der Waals surface area (Å²) in [6, 6.07) is 7.41. The summed E-state index contributed by atoms with van der Waals surface area (Å²) in [4.78, 5) is 24.7. The molecule has 0 saturated carbocycles. The molecule has 0 aliphatic heterocycles. The standard InChI is InChI=1S/C12H8FN3O4/c13-11-6-1-8(7-14-11)15-12(17)20-10-4-2-9(3-5-10)16(18)19/h1-7H,(H,15,17). The third kappa shape index (κ3) is 3.48. The highest BCUT2D eigenvalue weighted by Gasteiger charge is 2.08. The molecule has 0 atom stereocenters. The fourth-order valence-corrected chi connectivity index (χ4v) is 1.34. The van der Waals surface area contributed by atoms with Crippen LogP contribution in [0.15, 0.2) is 42.6 Å². The summed E-state index contributed by atoms with van der Waals surface area (Å²) in [7, 11) is 0. The summed E-state index contributed by atoms with van der Waals surface area (Å²) in [5.41, 5.74) is 0.152. The van der Waals surface area contributed by atoms with Crippen molar-refractivity contribution >= 4 is 17.5 Å². The monoisotopic (exact) mass is 277 g/mol. The van der Waals surface area contributed by atoms with E-state index in [2.05, 4.69) is 10.3 Å². The predicted molar refractivity (Wildman–Crippen MR) is 66.9 cm³/mol. The highest BCUT2D eigenvalue weighted by atomic mass is 19.1. The Morgan fingerprint density at radius 3 is 2.50 bits per heavy atom. The summed E-state index contributed by atoms with van der Waals surface area (Å²) >= 11 is 0. The number of hydrogen-bond acceptors (Lipinski definition) is 5. The lowest BCUT2D eigenvalue weighted by Crippen LogP contribution is -2.16. The van der Waals surface area contributed by atoms with E-state index in [9.17, 15) is 19.3 Å². The summed E-state index contributed by atoms with van der Waals surface area (Å²) in [5, 5.41) is 12.8. The van der Waals surface area contributed by atoms with Crippen molar-refractivity contribution < 1.29 is 18.8 Å². The molecule has 2 rings (SSSR count). The minimum atomic E-state index is -0.813. The molecule has 0 aliphatic rings. The molecule has 1 N–H and O–H groups in total. The van der Waals surface area contributed by atoms with Crippen LogP contribution in [0, 0.1) is 16.1 Å². The number of nitro groups is 1. The minimum absolute atomic E-state index is 0.111.